The lowest BCUT2D eigenvalue weighted by Crippen LogP contribution is -2.45. The van der Waals surface area contributed by atoms with Gasteiger partial charge in [0.2, 0.25) is 0 Å². The molecular formula is C19H22FNO2. The summed E-state index contributed by atoms with van der Waals surface area (Å²) in [5, 5.41) is 10.2. The average molecular weight is 315 g/mol. The highest BCUT2D eigenvalue weighted by atomic mass is 19.1. The van der Waals surface area contributed by atoms with Gasteiger partial charge in [-0.25, -0.2) is 4.39 Å². The first kappa shape index (κ1) is 16.0. The molecule has 2 atom stereocenters. The van der Waals surface area contributed by atoms with Crippen molar-refractivity contribution in [3.63, 3.8) is 0 Å². The summed E-state index contributed by atoms with van der Waals surface area (Å²) in [6.45, 7) is 2.81. The van der Waals surface area contributed by atoms with Gasteiger partial charge in [0.15, 0.2) is 11.6 Å². The van der Waals surface area contributed by atoms with Gasteiger partial charge in [-0.15, -0.1) is 0 Å². The van der Waals surface area contributed by atoms with E-state index in [1.165, 1.54) is 11.6 Å². The van der Waals surface area contributed by atoms with E-state index in [0.717, 1.165) is 26.1 Å². The van der Waals surface area contributed by atoms with Crippen LogP contribution in [0.5, 0.6) is 5.75 Å². The Morgan fingerprint density at radius 1 is 1.09 bits per heavy atom. The summed E-state index contributed by atoms with van der Waals surface area (Å²) in [6.07, 6.45) is 0.326. The van der Waals surface area contributed by atoms with Crippen molar-refractivity contribution < 1.29 is 14.2 Å². The topological polar surface area (TPSA) is 32.7 Å². The van der Waals surface area contributed by atoms with E-state index < -0.39 is 6.10 Å². The molecule has 0 bridgehead atoms. The van der Waals surface area contributed by atoms with Gasteiger partial charge in [0, 0.05) is 25.6 Å². The Labute approximate surface area is 136 Å². The third-order valence-corrected chi connectivity index (χ3v) is 4.32. The minimum atomic E-state index is -0.395. The number of piperidine rings is 1. The van der Waals surface area contributed by atoms with E-state index in [9.17, 15) is 9.50 Å². The van der Waals surface area contributed by atoms with Crippen molar-refractivity contribution in [2.24, 2.45) is 5.92 Å². The standard InChI is InChI=1S/C19H22FNO2/c20-17-8-4-5-9-19(17)23-14-16-13-21(11-10-18(16)22)12-15-6-2-1-3-7-15/h1-9,16,18,22H,10-14H2/t16-,18-/m1/s1. The van der Waals surface area contributed by atoms with Gasteiger partial charge in [-0.3, -0.25) is 4.90 Å². The fourth-order valence-corrected chi connectivity index (χ4v) is 3.00. The summed E-state index contributed by atoms with van der Waals surface area (Å²) in [5.41, 5.74) is 1.26. The summed E-state index contributed by atoms with van der Waals surface area (Å²) in [7, 11) is 0. The number of ether oxygens (including phenoxy) is 1. The quantitative estimate of drug-likeness (QED) is 0.920. The Balaban J connectivity index is 1.57. The van der Waals surface area contributed by atoms with Crippen LogP contribution < -0.4 is 4.74 Å². The Morgan fingerprint density at radius 2 is 1.83 bits per heavy atom. The van der Waals surface area contributed by atoms with Crippen molar-refractivity contribution in [1.82, 2.24) is 4.90 Å². The molecule has 1 N–H and O–H groups in total. The summed E-state index contributed by atoms with van der Waals surface area (Å²) in [5.74, 6) is -0.120. The normalized spacial score (nSPS) is 22.0. The molecule has 122 valence electrons. The molecule has 0 aromatic heterocycles. The highest BCUT2D eigenvalue weighted by molar-refractivity contribution is 5.23. The molecule has 1 saturated heterocycles. The van der Waals surface area contributed by atoms with Crippen LogP contribution in [0.2, 0.25) is 0 Å². The van der Waals surface area contributed by atoms with Gasteiger partial charge in [0.1, 0.15) is 0 Å². The lowest BCUT2D eigenvalue weighted by molar-refractivity contribution is 0.00230. The highest BCUT2D eigenvalue weighted by Gasteiger charge is 2.28. The van der Waals surface area contributed by atoms with E-state index >= 15 is 0 Å². The Bertz CT molecular complexity index is 620. The van der Waals surface area contributed by atoms with Crippen LogP contribution in [0.3, 0.4) is 0 Å². The SMILES string of the molecule is O[C@@H]1CCN(Cc2ccccc2)C[C@@H]1COc1ccccc1F. The molecule has 3 rings (SSSR count). The molecule has 0 unspecified atom stereocenters. The van der Waals surface area contributed by atoms with E-state index in [1.54, 1.807) is 18.2 Å². The molecule has 1 aliphatic heterocycles. The summed E-state index contributed by atoms with van der Waals surface area (Å²) >= 11 is 0. The molecule has 0 amide bonds. The number of halogens is 1. The molecule has 1 aliphatic rings. The summed E-state index contributed by atoms with van der Waals surface area (Å²) in [6, 6.07) is 16.7. The first-order valence-electron chi connectivity index (χ1n) is 8.04. The van der Waals surface area contributed by atoms with Crippen LogP contribution in [-0.4, -0.2) is 35.8 Å². The van der Waals surface area contributed by atoms with E-state index in [-0.39, 0.29) is 17.5 Å². The maximum atomic E-state index is 13.6. The predicted octanol–water partition coefficient (Wildman–Crippen LogP) is 3.09. The summed E-state index contributed by atoms with van der Waals surface area (Å²) < 4.78 is 19.2. The van der Waals surface area contributed by atoms with Gasteiger partial charge in [0.25, 0.3) is 0 Å². The van der Waals surface area contributed by atoms with Gasteiger partial charge < -0.3 is 9.84 Å². The number of hydrogen-bond acceptors (Lipinski definition) is 3. The molecule has 23 heavy (non-hydrogen) atoms. The summed E-state index contributed by atoms with van der Waals surface area (Å²) in [4.78, 5) is 2.32. The zero-order chi connectivity index (χ0) is 16.1. The molecule has 2 aromatic carbocycles. The molecule has 0 saturated carbocycles. The second-order valence-electron chi connectivity index (χ2n) is 6.08. The number of aliphatic hydroxyl groups is 1. The van der Waals surface area contributed by atoms with E-state index in [1.807, 2.05) is 18.2 Å². The number of para-hydroxylation sites is 1. The van der Waals surface area contributed by atoms with E-state index in [4.69, 9.17) is 4.74 Å². The van der Waals surface area contributed by atoms with Crippen molar-refractivity contribution in [3.05, 3.63) is 66.0 Å². The maximum absolute atomic E-state index is 13.6. The molecular weight excluding hydrogens is 293 g/mol. The van der Waals surface area contributed by atoms with Crippen molar-refractivity contribution in [2.45, 2.75) is 19.1 Å². The third kappa shape index (κ3) is 4.30. The van der Waals surface area contributed by atoms with Crippen molar-refractivity contribution >= 4 is 0 Å². The number of hydrogen-bond donors (Lipinski definition) is 1. The van der Waals surface area contributed by atoms with E-state index in [0.29, 0.717) is 6.61 Å². The van der Waals surface area contributed by atoms with Gasteiger partial charge in [-0.05, 0) is 24.1 Å². The van der Waals surface area contributed by atoms with Crippen molar-refractivity contribution in [2.75, 3.05) is 19.7 Å². The minimum absolute atomic E-state index is 0.00734. The third-order valence-electron chi connectivity index (χ3n) is 4.32. The van der Waals surface area contributed by atoms with E-state index in [2.05, 4.69) is 17.0 Å². The number of benzene rings is 2. The molecule has 4 heteroatoms. The lowest BCUT2D eigenvalue weighted by Gasteiger charge is -2.36. The van der Waals surface area contributed by atoms with Gasteiger partial charge in [0.05, 0.1) is 12.7 Å². The second-order valence-corrected chi connectivity index (χ2v) is 6.08. The van der Waals surface area contributed by atoms with Crippen LogP contribution in [0.25, 0.3) is 0 Å². The fraction of sp³-hybridized carbons (Fsp3) is 0.368. The number of likely N-dealkylation sites (tertiary alicyclic amines) is 1. The molecule has 0 radical (unpaired) electrons. The van der Waals surface area contributed by atoms with Crippen LogP contribution in [-0.2, 0) is 6.54 Å². The fourth-order valence-electron chi connectivity index (χ4n) is 3.00. The first-order valence-corrected chi connectivity index (χ1v) is 8.04. The molecule has 2 aromatic rings. The largest absolute Gasteiger partial charge is 0.490 e. The second kappa shape index (κ2) is 7.57. The van der Waals surface area contributed by atoms with Crippen LogP contribution >= 0.6 is 0 Å². The first-order chi connectivity index (χ1) is 11.2. The zero-order valence-electron chi connectivity index (χ0n) is 13.1. The number of rotatable bonds is 5. The molecule has 1 heterocycles. The predicted molar refractivity (Wildman–Crippen MR) is 87.7 cm³/mol. The number of aliphatic hydroxyl groups excluding tert-OH is 1. The lowest BCUT2D eigenvalue weighted by atomic mass is 9.95. The molecule has 0 spiro atoms. The maximum Gasteiger partial charge on any atom is 0.165 e. The molecule has 0 aliphatic carbocycles. The van der Waals surface area contributed by atoms with Crippen molar-refractivity contribution in [3.8, 4) is 5.75 Å². The highest BCUT2D eigenvalue weighted by Crippen LogP contribution is 2.22. The Kier molecular flexibility index (Phi) is 5.26. The van der Waals surface area contributed by atoms with Crippen LogP contribution in [0, 0.1) is 11.7 Å². The average Bonchev–Trinajstić information content (AvgIpc) is 2.57. The van der Waals surface area contributed by atoms with Crippen LogP contribution in [0.15, 0.2) is 54.6 Å². The molecule has 1 fully saturated rings. The van der Waals surface area contributed by atoms with Gasteiger partial charge in [-0.1, -0.05) is 42.5 Å². The Morgan fingerprint density at radius 3 is 2.61 bits per heavy atom. The molecule has 3 nitrogen and oxygen atoms in total. The van der Waals surface area contributed by atoms with Gasteiger partial charge >= 0.3 is 0 Å². The van der Waals surface area contributed by atoms with Crippen LogP contribution in [0.1, 0.15) is 12.0 Å². The monoisotopic (exact) mass is 315 g/mol. The van der Waals surface area contributed by atoms with Gasteiger partial charge in [-0.2, -0.15) is 0 Å². The van der Waals surface area contributed by atoms with Crippen LogP contribution in [0.4, 0.5) is 4.39 Å². The zero-order valence-corrected chi connectivity index (χ0v) is 13.1. The van der Waals surface area contributed by atoms with Crippen molar-refractivity contribution in [1.29, 1.82) is 0 Å². The smallest absolute Gasteiger partial charge is 0.165 e. The minimum Gasteiger partial charge on any atom is -0.490 e. The Hall–Kier alpha value is -1.91. The number of nitrogens with zero attached hydrogens (tertiary/aromatic N) is 1.